The molecule has 0 aromatic heterocycles. The first kappa shape index (κ1) is 20.0. The first-order valence-corrected chi connectivity index (χ1v) is 10.3. The SMILES string of the molecule is CCCCCCc1cc(F)c(CCC2CCc3ccc(F)cc3C2)c(F)c1. The van der Waals surface area contributed by atoms with Crippen LogP contribution in [0, 0.1) is 23.4 Å². The molecule has 2 aromatic carbocycles. The number of unbranched alkanes of at least 4 members (excludes halogenated alkanes) is 3. The Hall–Kier alpha value is -1.77. The summed E-state index contributed by atoms with van der Waals surface area (Å²) in [7, 11) is 0. The third-order valence-corrected chi connectivity index (χ3v) is 5.82. The molecule has 0 saturated heterocycles. The average Bonchev–Trinajstić information content (AvgIpc) is 2.64. The lowest BCUT2D eigenvalue weighted by atomic mass is 9.81. The number of aryl methyl sites for hydroxylation is 2. The molecule has 0 N–H and O–H groups in total. The van der Waals surface area contributed by atoms with Gasteiger partial charge >= 0.3 is 0 Å². The van der Waals surface area contributed by atoms with Gasteiger partial charge in [0, 0.05) is 5.56 Å². The molecule has 146 valence electrons. The molecule has 0 nitrogen and oxygen atoms in total. The van der Waals surface area contributed by atoms with Gasteiger partial charge in [-0.1, -0.05) is 32.3 Å². The van der Waals surface area contributed by atoms with Gasteiger partial charge in [0.2, 0.25) is 0 Å². The quantitative estimate of drug-likeness (QED) is 0.438. The van der Waals surface area contributed by atoms with Crippen LogP contribution < -0.4 is 0 Å². The molecule has 0 saturated carbocycles. The van der Waals surface area contributed by atoms with Crippen molar-refractivity contribution in [1.82, 2.24) is 0 Å². The molecular formula is C24H29F3. The summed E-state index contributed by atoms with van der Waals surface area (Å²) in [5.41, 5.74) is 3.22. The van der Waals surface area contributed by atoms with Crippen molar-refractivity contribution in [2.24, 2.45) is 5.92 Å². The van der Waals surface area contributed by atoms with E-state index in [1.165, 1.54) is 23.8 Å². The Bertz CT molecular complexity index is 743. The van der Waals surface area contributed by atoms with Gasteiger partial charge in [-0.2, -0.15) is 0 Å². The van der Waals surface area contributed by atoms with Gasteiger partial charge < -0.3 is 0 Å². The van der Waals surface area contributed by atoms with E-state index < -0.39 is 11.6 Å². The highest BCUT2D eigenvalue weighted by molar-refractivity contribution is 5.31. The predicted octanol–water partition coefficient (Wildman–Crippen LogP) is 6.96. The molecular weight excluding hydrogens is 345 g/mol. The molecule has 27 heavy (non-hydrogen) atoms. The van der Waals surface area contributed by atoms with Crippen LogP contribution in [0.1, 0.15) is 67.7 Å². The van der Waals surface area contributed by atoms with Crippen LogP contribution in [0.15, 0.2) is 30.3 Å². The van der Waals surface area contributed by atoms with E-state index >= 15 is 0 Å². The largest absolute Gasteiger partial charge is 0.207 e. The minimum absolute atomic E-state index is 0.206. The molecule has 0 aliphatic heterocycles. The zero-order chi connectivity index (χ0) is 19.2. The normalized spacial score (nSPS) is 16.4. The van der Waals surface area contributed by atoms with E-state index in [1.807, 2.05) is 6.07 Å². The fraction of sp³-hybridized carbons (Fsp3) is 0.500. The first-order chi connectivity index (χ1) is 13.1. The van der Waals surface area contributed by atoms with Crippen molar-refractivity contribution in [3.63, 3.8) is 0 Å². The zero-order valence-electron chi connectivity index (χ0n) is 16.2. The molecule has 3 heteroatoms. The summed E-state index contributed by atoms with van der Waals surface area (Å²) in [6, 6.07) is 8.00. The Morgan fingerprint density at radius 3 is 2.41 bits per heavy atom. The van der Waals surface area contributed by atoms with Crippen LogP contribution in [-0.4, -0.2) is 0 Å². The smallest absolute Gasteiger partial charge is 0.129 e. The van der Waals surface area contributed by atoms with Gasteiger partial charge in [-0.25, -0.2) is 13.2 Å². The van der Waals surface area contributed by atoms with Crippen LogP contribution in [-0.2, 0) is 25.7 Å². The lowest BCUT2D eigenvalue weighted by molar-refractivity contribution is 0.417. The van der Waals surface area contributed by atoms with Crippen LogP contribution >= 0.6 is 0 Å². The van der Waals surface area contributed by atoms with Gasteiger partial charge in [-0.15, -0.1) is 0 Å². The number of fused-ring (bicyclic) bond motifs is 1. The second-order valence-corrected chi connectivity index (χ2v) is 7.91. The van der Waals surface area contributed by atoms with Crippen molar-refractivity contribution < 1.29 is 13.2 Å². The molecule has 0 fully saturated rings. The fourth-order valence-electron chi connectivity index (χ4n) is 4.19. The van der Waals surface area contributed by atoms with E-state index in [4.69, 9.17) is 0 Å². The molecule has 1 aliphatic carbocycles. The van der Waals surface area contributed by atoms with E-state index in [0.29, 0.717) is 12.3 Å². The maximum Gasteiger partial charge on any atom is 0.129 e. The summed E-state index contributed by atoms with van der Waals surface area (Å²) in [5.74, 6) is -0.682. The van der Waals surface area contributed by atoms with Crippen molar-refractivity contribution in [1.29, 1.82) is 0 Å². The molecule has 1 atom stereocenters. The monoisotopic (exact) mass is 374 g/mol. The minimum Gasteiger partial charge on any atom is -0.207 e. The highest BCUT2D eigenvalue weighted by Crippen LogP contribution is 2.30. The number of benzene rings is 2. The highest BCUT2D eigenvalue weighted by atomic mass is 19.1. The molecule has 2 aromatic rings. The molecule has 1 unspecified atom stereocenters. The molecule has 0 spiro atoms. The summed E-state index contributed by atoms with van der Waals surface area (Å²) in [6.45, 7) is 2.15. The highest BCUT2D eigenvalue weighted by Gasteiger charge is 2.20. The van der Waals surface area contributed by atoms with Gasteiger partial charge in [0.25, 0.3) is 0 Å². The number of rotatable bonds is 8. The zero-order valence-corrected chi connectivity index (χ0v) is 16.2. The lowest BCUT2D eigenvalue weighted by Crippen LogP contribution is -2.16. The van der Waals surface area contributed by atoms with E-state index in [0.717, 1.165) is 68.9 Å². The summed E-state index contributed by atoms with van der Waals surface area (Å²) in [6.07, 6.45) is 8.99. The molecule has 3 rings (SSSR count). The molecule has 1 aliphatic rings. The second kappa shape index (κ2) is 9.43. The van der Waals surface area contributed by atoms with Crippen molar-refractivity contribution in [2.75, 3.05) is 0 Å². The number of hydrogen-bond donors (Lipinski definition) is 0. The van der Waals surface area contributed by atoms with E-state index in [2.05, 4.69) is 6.92 Å². The summed E-state index contributed by atoms with van der Waals surface area (Å²) < 4.78 is 42.3. The minimum atomic E-state index is -0.414. The Morgan fingerprint density at radius 1 is 0.889 bits per heavy atom. The van der Waals surface area contributed by atoms with Crippen LogP contribution in [0.2, 0.25) is 0 Å². The molecule has 0 bridgehead atoms. The maximum atomic E-state index is 14.4. The maximum absolute atomic E-state index is 14.4. The van der Waals surface area contributed by atoms with Crippen molar-refractivity contribution in [3.8, 4) is 0 Å². The fourth-order valence-corrected chi connectivity index (χ4v) is 4.19. The van der Waals surface area contributed by atoms with E-state index in [9.17, 15) is 13.2 Å². The van der Waals surface area contributed by atoms with E-state index in [-0.39, 0.29) is 11.4 Å². The van der Waals surface area contributed by atoms with Crippen molar-refractivity contribution in [2.45, 2.75) is 71.1 Å². The Morgan fingerprint density at radius 2 is 1.67 bits per heavy atom. The van der Waals surface area contributed by atoms with E-state index in [1.54, 1.807) is 6.07 Å². The van der Waals surface area contributed by atoms with Crippen LogP contribution in [0.4, 0.5) is 13.2 Å². The standard InChI is InChI=1S/C24H29F3/c1-2-3-4-5-6-18-14-23(26)22(24(27)15-18)12-8-17-7-9-19-10-11-21(25)16-20(19)13-17/h10-11,14-17H,2-9,12-13H2,1H3. The van der Waals surface area contributed by atoms with Gasteiger partial charge in [0.05, 0.1) is 0 Å². The summed E-state index contributed by atoms with van der Waals surface area (Å²) in [4.78, 5) is 0. The van der Waals surface area contributed by atoms with Crippen LogP contribution in [0.5, 0.6) is 0 Å². The second-order valence-electron chi connectivity index (χ2n) is 7.91. The Balaban J connectivity index is 1.58. The molecule has 0 heterocycles. The predicted molar refractivity (Wildman–Crippen MR) is 104 cm³/mol. The van der Waals surface area contributed by atoms with Gasteiger partial charge in [-0.05, 0) is 91.8 Å². The summed E-state index contributed by atoms with van der Waals surface area (Å²) in [5, 5.41) is 0. The van der Waals surface area contributed by atoms with Crippen LogP contribution in [0.25, 0.3) is 0 Å². The first-order valence-electron chi connectivity index (χ1n) is 10.3. The summed E-state index contributed by atoms with van der Waals surface area (Å²) >= 11 is 0. The van der Waals surface area contributed by atoms with Crippen LogP contribution in [0.3, 0.4) is 0 Å². The van der Waals surface area contributed by atoms with Crippen molar-refractivity contribution in [3.05, 3.63) is 70.0 Å². The molecule has 0 radical (unpaired) electrons. The van der Waals surface area contributed by atoms with Gasteiger partial charge in [0.15, 0.2) is 0 Å². The number of hydrogen-bond acceptors (Lipinski definition) is 0. The van der Waals surface area contributed by atoms with Gasteiger partial charge in [-0.3, -0.25) is 0 Å². The topological polar surface area (TPSA) is 0 Å². The number of halogens is 3. The third kappa shape index (κ3) is 5.37. The average molecular weight is 374 g/mol. The molecule has 0 amide bonds. The Labute approximate surface area is 160 Å². The lowest BCUT2D eigenvalue weighted by Gasteiger charge is -2.24. The van der Waals surface area contributed by atoms with Crippen molar-refractivity contribution >= 4 is 0 Å². The third-order valence-electron chi connectivity index (χ3n) is 5.82. The van der Waals surface area contributed by atoms with Gasteiger partial charge in [0.1, 0.15) is 17.5 Å². The Kier molecular flexibility index (Phi) is 6.98.